The zero-order valence-corrected chi connectivity index (χ0v) is 11.6. The third kappa shape index (κ3) is 6.23. The fourth-order valence-electron chi connectivity index (χ4n) is 1.49. The lowest BCUT2D eigenvalue weighted by Crippen LogP contribution is -2.45. The summed E-state index contributed by atoms with van der Waals surface area (Å²) < 4.78 is 10.8. The number of nitrogens with one attached hydrogen (secondary N) is 1. The minimum Gasteiger partial charge on any atom is -0.342 e. The topological polar surface area (TPSA) is 49.4 Å². The average molecular weight is 248 g/mol. The van der Waals surface area contributed by atoms with E-state index in [0.29, 0.717) is 5.75 Å². The molecule has 0 fully saturated rings. The number of hydrogen-bond donors (Lipinski definition) is 1. The molecule has 2 atom stereocenters. The van der Waals surface area contributed by atoms with Crippen LogP contribution in [0.5, 0.6) is 0 Å². The summed E-state index contributed by atoms with van der Waals surface area (Å²) in [5.74, 6) is 0.835. The van der Waals surface area contributed by atoms with Crippen molar-refractivity contribution >= 4 is 16.7 Å². The Hall–Kier alpha value is -0.420. The van der Waals surface area contributed by atoms with Gasteiger partial charge in [0.2, 0.25) is 5.91 Å². The Bertz CT molecular complexity index is 230. The normalized spacial score (nSPS) is 14.5. The van der Waals surface area contributed by atoms with Crippen LogP contribution in [0.4, 0.5) is 0 Å². The number of rotatable bonds is 8. The second kappa shape index (κ2) is 8.70. The maximum absolute atomic E-state index is 11.8. The van der Waals surface area contributed by atoms with Crippen LogP contribution in [0.2, 0.25) is 0 Å². The molecule has 0 aromatic rings. The Morgan fingerprint density at radius 2 is 1.94 bits per heavy atom. The van der Waals surface area contributed by atoms with Gasteiger partial charge in [0.15, 0.2) is 0 Å². The van der Waals surface area contributed by atoms with E-state index in [1.807, 2.05) is 25.7 Å². The largest absolute Gasteiger partial charge is 0.342 e. The summed E-state index contributed by atoms with van der Waals surface area (Å²) in [7, 11) is -0.738. The molecule has 0 aliphatic heterocycles. The summed E-state index contributed by atoms with van der Waals surface area (Å²) in [6.45, 7) is 8.08. The molecule has 0 spiro atoms. The van der Waals surface area contributed by atoms with Crippen molar-refractivity contribution in [2.24, 2.45) is 0 Å². The summed E-state index contributed by atoms with van der Waals surface area (Å²) >= 11 is 0. The van der Waals surface area contributed by atoms with E-state index < -0.39 is 10.8 Å². The molecule has 5 heteroatoms. The predicted molar refractivity (Wildman–Crippen MR) is 68.9 cm³/mol. The van der Waals surface area contributed by atoms with Crippen LogP contribution in [-0.4, -0.2) is 52.7 Å². The minimum atomic E-state index is -0.738. The number of amides is 1. The highest BCUT2D eigenvalue weighted by Crippen LogP contribution is 1.95. The first-order valence-electron chi connectivity index (χ1n) is 5.85. The number of carbonyl (C=O) groups excluding carboxylic acids is 1. The number of nitrogens with zero attached hydrogens (tertiary/aromatic N) is 1. The van der Waals surface area contributed by atoms with E-state index in [4.69, 9.17) is 0 Å². The van der Waals surface area contributed by atoms with Gasteiger partial charge in [-0.15, -0.1) is 0 Å². The van der Waals surface area contributed by atoms with Crippen molar-refractivity contribution in [3.8, 4) is 0 Å². The smallest absolute Gasteiger partial charge is 0.239 e. The first kappa shape index (κ1) is 15.6. The molecule has 0 aliphatic carbocycles. The number of hydrogen-bond acceptors (Lipinski definition) is 3. The van der Waals surface area contributed by atoms with Gasteiger partial charge in [-0.2, -0.15) is 0 Å². The molecule has 96 valence electrons. The van der Waals surface area contributed by atoms with Crippen molar-refractivity contribution < 1.29 is 9.00 Å². The molecule has 0 aromatic carbocycles. The summed E-state index contributed by atoms with van der Waals surface area (Å²) in [6, 6.07) is -0.148. The molecule has 1 amide bonds. The van der Waals surface area contributed by atoms with Crippen LogP contribution < -0.4 is 5.32 Å². The lowest BCUT2D eigenvalue weighted by Gasteiger charge is -2.23. The van der Waals surface area contributed by atoms with Crippen LogP contribution in [0.15, 0.2) is 0 Å². The molecule has 0 aromatic heterocycles. The van der Waals surface area contributed by atoms with Crippen LogP contribution >= 0.6 is 0 Å². The van der Waals surface area contributed by atoms with Gasteiger partial charge in [0.1, 0.15) is 0 Å². The Balaban J connectivity index is 3.82. The molecule has 1 N–H and O–H groups in total. The van der Waals surface area contributed by atoms with Crippen LogP contribution in [0.1, 0.15) is 27.2 Å². The van der Waals surface area contributed by atoms with Gasteiger partial charge in [0.05, 0.1) is 6.04 Å². The average Bonchev–Trinajstić information content (AvgIpc) is 2.25. The number of likely N-dealkylation sites (N-methyl/N-ethyl adjacent to an activating group) is 1. The standard InChI is InChI=1S/C11H24N2O2S/c1-5-13(6-2)11(14)10(3)12-8-7-9-16(4)15/h10,12H,5-9H2,1-4H3. The summed E-state index contributed by atoms with van der Waals surface area (Å²) in [5, 5.41) is 3.16. The third-order valence-electron chi connectivity index (χ3n) is 2.50. The van der Waals surface area contributed by atoms with Crippen LogP contribution in [-0.2, 0) is 15.6 Å². The van der Waals surface area contributed by atoms with Crippen molar-refractivity contribution in [2.75, 3.05) is 31.6 Å². The SMILES string of the molecule is CCN(CC)C(=O)C(C)NCCCS(C)=O. The summed E-state index contributed by atoms with van der Waals surface area (Å²) in [5.41, 5.74) is 0. The summed E-state index contributed by atoms with van der Waals surface area (Å²) in [6.07, 6.45) is 2.55. The second-order valence-electron chi connectivity index (χ2n) is 3.82. The van der Waals surface area contributed by atoms with Gasteiger partial charge < -0.3 is 10.2 Å². The molecule has 4 nitrogen and oxygen atoms in total. The molecule has 16 heavy (non-hydrogen) atoms. The second-order valence-corrected chi connectivity index (χ2v) is 5.37. The van der Waals surface area contributed by atoms with E-state index in [2.05, 4.69) is 5.32 Å². The molecule has 2 unspecified atom stereocenters. The van der Waals surface area contributed by atoms with Gasteiger partial charge in [0.25, 0.3) is 0 Å². The van der Waals surface area contributed by atoms with Crippen molar-refractivity contribution in [1.29, 1.82) is 0 Å². The van der Waals surface area contributed by atoms with E-state index in [1.54, 1.807) is 6.26 Å². The van der Waals surface area contributed by atoms with Gasteiger partial charge in [0, 0.05) is 35.9 Å². The van der Waals surface area contributed by atoms with Gasteiger partial charge in [-0.1, -0.05) is 0 Å². The molecular weight excluding hydrogens is 224 g/mol. The number of carbonyl (C=O) groups is 1. The maximum atomic E-state index is 11.8. The Labute approximate surface area is 101 Å². The lowest BCUT2D eigenvalue weighted by molar-refractivity contribution is -0.132. The molecule has 0 saturated carbocycles. The monoisotopic (exact) mass is 248 g/mol. The highest BCUT2D eigenvalue weighted by atomic mass is 32.2. The van der Waals surface area contributed by atoms with Gasteiger partial charge >= 0.3 is 0 Å². The van der Waals surface area contributed by atoms with Gasteiger partial charge in [-0.05, 0) is 33.7 Å². The molecule has 0 rings (SSSR count). The van der Waals surface area contributed by atoms with Crippen LogP contribution in [0.3, 0.4) is 0 Å². The van der Waals surface area contributed by atoms with E-state index in [9.17, 15) is 9.00 Å². The molecule has 0 bridgehead atoms. The van der Waals surface area contributed by atoms with Gasteiger partial charge in [-0.25, -0.2) is 0 Å². The van der Waals surface area contributed by atoms with Crippen molar-refractivity contribution in [1.82, 2.24) is 10.2 Å². The zero-order chi connectivity index (χ0) is 12.6. The van der Waals surface area contributed by atoms with E-state index in [0.717, 1.165) is 26.1 Å². The quantitative estimate of drug-likeness (QED) is 0.640. The molecular formula is C11H24N2O2S. The first-order valence-corrected chi connectivity index (χ1v) is 7.57. The molecule has 0 heterocycles. The fraction of sp³-hybridized carbons (Fsp3) is 0.909. The van der Waals surface area contributed by atoms with Crippen LogP contribution in [0.25, 0.3) is 0 Å². The zero-order valence-electron chi connectivity index (χ0n) is 10.8. The maximum Gasteiger partial charge on any atom is 0.239 e. The third-order valence-corrected chi connectivity index (χ3v) is 3.37. The molecule has 0 saturated heterocycles. The van der Waals surface area contributed by atoms with E-state index in [1.165, 1.54) is 0 Å². The van der Waals surface area contributed by atoms with E-state index in [-0.39, 0.29) is 11.9 Å². The molecule has 0 aliphatic rings. The first-order chi connectivity index (χ1) is 7.52. The molecule has 0 radical (unpaired) electrons. The van der Waals surface area contributed by atoms with Crippen molar-refractivity contribution in [3.63, 3.8) is 0 Å². The van der Waals surface area contributed by atoms with Crippen molar-refractivity contribution in [2.45, 2.75) is 33.2 Å². The Kier molecular flexibility index (Phi) is 8.47. The lowest BCUT2D eigenvalue weighted by atomic mass is 10.2. The van der Waals surface area contributed by atoms with Gasteiger partial charge in [-0.3, -0.25) is 9.00 Å². The highest BCUT2D eigenvalue weighted by Gasteiger charge is 2.16. The fourth-order valence-corrected chi connectivity index (χ4v) is 2.04. The van der Waals surface area contributed by atoms with E-state index >= 15 is 0 Å². The van der Waals surface area contributed by atoms with Crippen LogP contribution in [0, 0.1) is 0 Å². The Morgan fingerprint density at radius 1 is 1.38 bits per heavy atom. The van der Waals surface area contributed by atoms with Crippen molar-refractivity contribution in [3.05, 3.63) is 0 Å². The summed E-state index contributed by atoms with van der Waals surface area (Å²) in [4.78, 5) is 13.7. The highest BCUT2D eigenvalue weighted by molar-refractivity contribution is 7.84. The minimum absolute atomic E-state index is 0.141. The Morgan fingerprint density at radius 3 is 2.38 bits per heavy atom. The predicted octanol–water partition coefficient (Wildman–Crippen LogP) is 0.602.